The van der Waals surface area contributed by atoms with Crippen LogP contribution in [0, 0.1) is 0 Å². The highest BCUT2D eigenvalue weighted by Gasteiger charge is 2.44. The third kappa shape index (κ3) is 3.71. The molecule has 0 unspecified atom stereocenters. The number of amides is 1. The summed E-state index contributed by atoms with van der Waals surface area (Å²) >= 11 is 0. The molecule has 1 saturated heterocycles. The van der Waals surface area contributed by atoms with Crippen molar-refractivity contribution in [2.45, 2.75) is 62.1 Å². The number of carbonyl (C=O) groups is 1. The summed E-state index contributed by atoms with van der Waals surface area (Å²) < 4.78 is 12.2. The average molecular weight is 374 g/mol. The van der Waals surface area contributed by atoms with Crippen molar-refractivity contribution in [2.24, 2.45) is 5.73 Å². The number of rotatable bonds is 1. The lowest BCUT2D eigenvalue weighted by molar-refractivity contribution is -0.144. The average Bonchev–Trinajstić information content (AvgIpc) is 2.72. The van der Waals surface area contributed by atoms with E-state index in [2.05, 4.69) is 6.07 Å². The zero-order valence-electron chi connectivity index (χ0n) is 15.8. The Bertz CT molecular complexity index is 674. The standard InChI is InChI=1S/C21H30N2O4/c22-21(14-24)10-3-11-23-19(21)12-26-16-8-6-15(7-9-16)17-4-1-2-5-18(17)27-13-20(23)25/h1-2,4-5,15-16,19,24H,3,6-14,22H2/t15?,16?,19-,21+/m0/s1. The topological polar surface area (TPSA) is 85.0 Å². The molecule has 6 nitrogen and oxygen atoms in total. The van der Waals surface area contributed by atoms with Gasteiger partial charge in [0.15, 0.2) is 6.61 Å². The normalized spacial score (nSPS) is 34.5. The highest BCUT2D eigenvalue weighted by atomic mass is 16.5. The molecule has 1 aliphatic carbocycles. The summed E-state index contributed by atoms with van der Waals surface area (Å²) in [6.45, 7) is 0.849. The number of benzene rings is 1. The van der Waals surface area contributed by atoms with Crippen LogP contribution in [0.4, 0.5) is 0 Å². The molecule has 3 N–H and O–H groups in total. The summed E-state index contributed by atoms with van der Waals surface area (Å²) in [5.41, 5.74) is 6.87. The van der Waals surface area contributed by atoms with Crippen LogP contribution in [0.5, 0.6) is 5.75 Å². The van der Waals surface area contributed by atoms with Crippen molar-refractivity contribution in [3.05, 3.63) is 29.8 Å². The van der Waals surface area contributed by atoms with Gasteiger partial charge in [0.25, 0.3) is 5.91 Å². The van der Waals surface area contributed by atoms with Gasteiger partial charge in [0.1, 0.15) is 5.75 Å². The first-order valence-corrected chi connectivity index (χ1v) is 10.1. The highest BCUT2D eigenvalue weighted by Crippen LogP contribution is 2.39. The predicted octanol–water partition coefficient (Wildman–Crippen LogP) is 1.80. The minimum atomic E-state index is -0.816. The molecule has 1 saturated carbocycles. The largest absolute Gasteiger partial charge is 0.483 e. The number of carbonyl (C=O) groups excluding carboxylic acids is 1. The van der Waals surface area contributed by atoms with Crippen molar-refractivity contribution in [1.29, 1.82) is 0 Å². The van der Waals surface area contributed by atoms with Crippen LogP contribution in [0.3, 0.4) is 0 Å². The van der Waals surface area contributed by atoms with Gasteiger partial charge in [-0.15, -0.1) is 0 Å². The van der Waals surface area contributed by atoms with Crippen molar-refractivity contribution < 1.29 is 19.4 Å². The Morgan fingerprint density at radius 2 is 2.00 bits per heavy atom. The van der Waals surface area contributed by atoms with Gasteiger partial charge in [-0.05, 0) is 56.1 Å². The molecule has 5 rings (SSSR count). The second kappa shape index (κ2) is 7.78. The minimum absolute atomic E-state index is 0.00876. The molecule has 148 valence electrons. The zero-order chi connectivity index (χ0) is 18.9. The van der Waals surface area contributed by atoms with Crippen LogP contribution in [-0.4, -0.2) is 60.0 Å². The SMILES string of the molecule is N[C@@]1(CO)CCCN2C(=O)COc3ccccc3C3CCC(CC3)OC[C@H]21. The quantitative estimate of drug-likeness (QED) is 0.783. The number of nitrogens with two attached hydrogens (primary N) is 1. The molecule has 2 atom stereocenters. The number of nitrogens with zero attached hydrogens (tertiary/aromatic N) is 1. The van der Waals surface area contributed by atoms with E-state index in [0.29, 0.717) is 25.5 Å². The lowest BCUT2D eigenvalue weighted by Crippen LogP contribution is -2.67. The van der Waals surface area contributed by atoms with Crippen molar-refractivity contribution in [3.8, 4) is 5.75 Å². The van der Waals surface area contributed by atoms with Crippen molar-refractivity contribution in [1.82, 2.24) is 4.90 Å². The fourth-order valence-corrected chi connectivity index (χ4v) is 4.89. The molecule has 0 spiro atoms. The molecule has 27 heavy (non-hydrogen) atoms. The highest BCUT2D eigenvalue weighted by molar-refractivity contribution is 5.78. The summed E-state index contributed by atoms with van der Waals surface area (Å²) in [6, 6.07) is 7.75. The maximum atomic E-state index is 13.0. The smallest absolute Gasteiger partial charge is 0.260 e. The molecular formula is C21H30N2O4. The van der Waals surface area contributed by atoms with Gasteiger partial charge < -0.3 is 25.2 Å². The summed E-state index contributed by atoms with van der Waals surface area (Å²) in [6.07, 6.45) is 5.77. The van der Waals surface area contributed by atoms with Crippen molar-refractivity contribution >= 4 is 5.91 Å². The zero-order valence-corrected chi connectivity index (χ0v) is 15.8. The Morgan fingerprint density at radius 1 is 1.22 bits per heavy atom. The molecule has 1 amide bonds. The lowest BCUT2D eigenvalue weighted by Gasteiger charge is -2.47. The van der Waals surface area contributed by atoms with Crippen LogP contribution in [0.25, 0.3) is 0 Å². The van der Waals surface area contributed by atoms with Gasteiger partial charge in [-0.2, -0.15) is 0 Å². The number of aliphatic hydroxyl groups excluding tert-OH is 1. The summed E-state index contributed by atoms with van der Waals surface area (Å²) in [7, 11) is 0. The van der Waals surface area contributed by atoms with E-state index in [1.54, 1.807) is 4.90 Å². The third-order valence-corrected chi connectivity index (χ3v) is 6.57. The van der Waals surface area contributed by atoms with Crippen LogP contribution in [0.15, 0.2) is 24.3 Å². The van der Waals surface area contributed by atoms with Crippen LogP contribution < -0.4 is 10.5 Å². The van der Waals surface area contributed by atoms with Gasteiger partial charge in [-0.25, -0.2) is 0 Å². The van der Waals surface area contributed by atoms with E-state index in [0.717, 1.165) is 37.9 Å². The van der Waals surface area contributed by atoms with Gasteiger partial charge in [0.05, 0.1) is 30.9 Å². The molecule has 0 radical (unpaired) electrons. The summed E-state index contributed by atoms with van der Waals surface area (Å²) in [5, 5.41) is 9.92. The Hall–Kier alpha value is -1.63. The van der Waals surface area contributed by atoms with E-state index in [9.17, 15) is 9.90 Å². The van der Waals surface area contributed by atoms with E-state index in [-0.39, 0.29) is 31.3 Å². The van der Waals surface area contributed by atoms with Gasteiger partial charge in [-0.3, -0.25) is 4.79 Å². The Balaban J connectivity index is 1.64. The first kappa shape index (κ1) is 18.7. The Labute approximate surface area is 160 Å². The Morgan fingerprint density at radius 3 is 2.78 bits per heavy atom. The fourth-order valence-electron chi connectivity index (χ4n) is 4.89. The maximum absolute atomic E-state index is 13.0. The van der Waals surface area contributed by atoms with Crippen LogP contribution >= 0.6 is 0 Å². The molecule has 6 heteroatoms. The third-order valence-electron chi connectivity index (χ3n) is 6.57. The fraction of sp³-hybridized carbons (Fsp3) is 0.667. The number of ether oxygens (including phenoxy) is 2. The number of aliphatic hydroxyl groups is 1. The van der Waals surface area contributed by atoms with Crippen molar-refractivity contribution in [2.75, 3.05) is 26.4 Å². The second-order valence-electron chi connectivity index (χ2n) is 8.23. The van der Waals surface area contributed by atoms with E-state index in [1.807, 2.05) is 18.2 Å². The number of hydrogen-bond donors (Lipinski definition) is 2. The van der Waals surface area contributed by atoms with E-state index in [1.165, 1.54) is 5.56 Å². The number of piperidine rings is 1. The number of para-hydroxylation sites is 1. The van der Waals surface area contributed by atoms with Gasteiger partial charge in [-0.1, -0.05) is 18.2 Å². The lowest BCUT2D eigenvalue weighted by atomic mass is 9.81. The van der Waals surface area contributed by atoms with Crippen LogP contribution in [0.1, 0.15) is 50.0 Å². The molecule has 2 bridgehead atoms. The molecular weight excluding hydrogens is 344 g/mol. The molecule has 3 heterocycles. The monoisotopic (exact) mass is 374 g/mol. The minimum Gasteiger partial charge on any atom is -0.483 e. The van der Waals surface area contributed by atoms with Gasteiger partial charge in [0, 0.05) is 6.54 Å². The molecule has 3 aliphatic heterocycles. The van der Waals surface area contributed by atoms with Crippen LogP contribution in [0.2, 0.25) is 0 Å². The molecule has 4 aliphatic rings. The first-order chi connectivity index (χ1) is 13.1. The first-order valence-electron chi connectivity index (χ1n) is 10.1. The summed E-state index contributed by atoms with van der Waals surface area (Å²) in [5.74, 6) is 1.17. The van der Waals surface area contributed by atoms with Crippen LogP contribution in [-0.2, 0) is 9.53 Å². The van der Waals surface area contributed by atoms with Gasteiger partial charge in [0.2, 0.25) is 0 Å². The Kier molecular flexibility index (Phi) is 5.39. The predicted molar refractivity (Wildman–Crippen MR) is 102 cm³/mol. The van der Waals surface area contributed by atoms with E-state index in [4.69, 9.17) is 15.2 Å². The number of hydrogen-bond acceptors (Lipinski definition) is 5. The molecule has 2 fully saturated rings. The van der Waals surface area contributed by atoms with Crippen molar-refractivity contribution in [3.63, 3.8) is 0 Å². The van der Waals surface area contributed by atoms with E-state index < -0.39 is 5.54 Å². The molecule has 1 aromatic carbocycles. The van der Waals surface area contributed by atoms with E-state index >= 15 is 0 Å². The van der Waals surface area contributed by atoms with Gasteiger partial charge >= 0.3 is 0 Å². The maximum Gasteiger partial charge on any atom is 0.260 e. The second-order valence-corrected chi connectivity index (χ2v) is 8.23. The molecule has 0 aromatic heterocycles. The summed E-state index contributed by atoms with van der Waals surface area (Å²) in [4.78, 5) is 14.7. The molecule has 1 aromatic rings. The number of fused-ring (bicyclic) bond motifs is 5.